The molecule has 0 aliphatic rings. The Labute approximate surface area is 127 Å². The zero-order chi connectivity index (χ0) is 15.2. The first kappa shape index (κ1) is 15.6. The van der Waals surface area contributed by atoms with Gasteiger partial charge in [0.05, 0.1) is 0 Å². The van der Waals surface area contributed by atoms with E-state index in [1.54, 1.807) is 36.3 Å². The van der Waals surface area contributed by atoms with Gasteiger partial charge in [-0.2, -0.15) is 11.8 Å². The monoisotopic (exact) mass is 307 g/mol. The normalized spacial score (nSPS) is 12.1. The predicted octanol–water partition coefficient (Wildman–Crippen LogP) is 2.52. The van der Waals surface area contributed by atoms with Crippen LogP contribution < -0.4 is 5.32 Å². The summed E-state index contributed by atoms with van der Waals surface area (Å²) in [6.07, 6.45) is 5.85. The van der Waals surface area contributed by atoms with E-state index in [4.69, 9.17) is 0 Å². The molecular weight excluding hydrogens is 289 g/mol. The van der Waals surface area contributed by atoms with Crippen LogP contribution in [0.3, 0.4) is 0 Å². The van der Waals surface area contributed by atoms with Crippen molar-refractivity contribution in [1.29, 1.82) is 0 Å². The lowest BCUT2D eigenvalue weighted by atomic mass is 10.1. The summed E-state index contributed by atoms with van der Waals surface area (Å²) >= 11 is 1.61. The molecule has 1 N–H and O–H groups in total. The number of aryl methyl sites for hydroxylation is 1. The fourth-order valence-corrected chi connectivity index (χ4v) is 2.46. The van der Waals surface area contributed by atoms with Gasteiger partial charge in [0.2, 0.25) is 5.91 Å². The van der Waals surface area contributed by atoms with Crippen molar-refractivity contribution in [3.8, 4) is 0 Å². The number of hydrogen-bond donors (Lipinski definition) is 1. The van der Waals surface area contributed by atoms with Gasteiger partial charge in [-0.25, -0.2) is 9.37 Å². The van der Waals surface area contributed by atoms with E-state index in [-0.39, 0.29) is 11.7 Å². The molecule has 0 bridgehead atoms. The molecule has 112 valence electrons. The first-order valence-electron chi connectivity index (χ1n) is 6.63. The van der Waals surface area contributed by atoms with Gasteiger partial charge >= 0.3 is 0 Å². The Morgan fingerprint density at radius 3 is 2.95 bits per heavy atom. The second kappa shape index (κ2) is 7.26. The van der Waals surface area contributed by atoms with E-state index >= 15 is 0 Å². The van der Waals surface area contributed by atoms with Crippen molar-refractivity contribution in [1.82, 2.24) is 14.9 Å². The Hall–Kier alpha value is -1.82. The fourth-order valence-electron chi connectivity index (χ4n) is 2.07. The quantitative estimate of drug-likeness (QED) is 0.892. The maximum absolute atomic E-state index is 13.5. The van der Waals surface area contributed by atoms with Crippen molar-refractivity contribution < 1.29 is 9.18 Å². The molecule has 21 heavy (non-hydrogen) atoms. The van der Waals surface area contributed by atoms with Gasteiger partial charge < -0.3 is 9.88 Å². The highest BCUT2D eigenvalue weighted by Gasteiger charge is 2.20. The summed E-state index contributed by atoms with van der Waals surface area (Å²) in [4.78, 5) is 16.3. The molecule has 1 aromatic heterocycles. The van der Waals surface area contributed by atoms with E-state index in [2.05, 4.69) is 10.3 Å². The number of imidazole rings is 1. The Balaban J connectivity index is 2.27. The van der Waals surface area contributed by atoms with Gasteiger partial charge in [-0.1, -0.05) is 12.1 Å². The van der Waals surface area contributed by atoms with Crippen molar-refractivity contribution in [2.45, 2.75) is 12.5 Å². The first-order chi connectivity index (χ1) is 10.1. The molecule has 4 nitrogen and oxygen atoms in total. The lowest BCUT2D eigenvalue weighted by Crippen LogP contribution is -2.31. The average molecular weight is 307 g/mol. The molecule has 0 aliphatic carbocycles. The molecule has 0 radical (unpaired) electrons. The SMILES string of the molecule is CSCCC(=O)N[C@H](c1cccc(F)c1)c1nccn1C. The summed E-state index contributed by atoms with van der Waals surface area (Å²) in [7, 11) is 1.85. The van der Waals surface area contributed by atoms with Crippen LogP contribution in [0.5, 0.6) is 0 Å². The van der Waals surface area contributed by atoms with E-state index < -0.39 is 6.04 Å². The van der Waals surface area contributed by atoms with Crippen LogP contribution in [-0.2, 0) is 11.8 Å². The molecule has 0 spiro atoms. The molecule has 1 aromatic carbocycles. The number of carbonyl (C=O) groups is 1. The number of aromatic nitrogens is 2. The summed E-state index contributed by atoms with van der Waals surface area (Å²) < 4.78 is 15.3. The highest BCUT2D eigenvalue weighted by atomic mass is 32.2. The number of nitrogens with zero attached hydrogens (tertiary/aromatic N) is 2. The number of halogens is 1. The minimum Gasteiger partial charge on any atom is -0.342 e. The summed E-state index contributed by atoms with van der Waals surface area (Å²) in [5.41, 5.74) is 0.682. The van der Waals surface area contributed by atoms with E-state index in [1.165, 1.54) is 12.1 Å². The molecule has 6 heteroatoms. The lowest BCUT2D eigenvalue weighted by Gasteiger charge is -2.19. The second-order valence-corrected chi connectivity index (χ2v) is 5.68. The van der Waals surface area contributed by atoms with Crippen molar-refractivity contribution in [3.05, 3.63) is 53.9 Å². The minimum absolute atomic E-state index is 0.0680. The lowest BCUT2D eigenvalue weighted by molar-refractivity contribution is -0.121. The summed E-state index contributed by atoms with van der Waals surface area (Å²) in [5.74, 6) is 1.03. The van der Waals surface area contributed by atoms with Crippen LogP contribution in [0, 0.1) is 5.82 Å². The van der Waals surface area contributed by atoms with Gasteiger partial charge in [-0.3, -0.25) is 4.79 Å². The number of rotatable bonds is 6. The highest BCUT2D eigenvalue weighted by Crippen LogP contribution is 2.21. The highest BCUT2D eigenvalue weighted by molar-refractivity contribution is 7.98. The zero-order valence-corrected chi connectivity index (χ0v) is 12.9. The third-order valence-corrected chi connectivity index (χ3v) is 3.75. The molecule has 0 saturated heterocycles. The molecule has 0 fully saturated rings. The van der Waals surface area contributed by atoms with Crippen molar-refractivity contribution in [2.75, 3.05) is 12.0 Å². The van der Waals surface area contributed by atoms with Crippen LogP contribution in [0.25, 0.3) is 0 Å². The molecule has 0 unspecified atom stereocenters. The van der Waals surface area contributed by atoms with Crippen LogP contribution in [0.2, 0.25) is 0 Å². The number of nitrogens with one attached hydrogen (secondary N) is 1. The van der Waals surface area contributed by atoms with Crippen molar-refractivity contribution >= 4 is 17.7 Å². The van der Waals surface area contributed by atoms with Crippen LogP contribution in [-0.4, -0.2) is 27.5 Å². The number of benzene rings is 1. The maximum atomic E-state index is 13.5. The molecule has 0 aliphatic heterocycles. The molecular formula is C15H18FN3OS. The van der Waals surface area contributed by atoms with Gasteiger partial charge in [-0.15, -0.1) is 0 Å². The Bertz CT molecular complexity index is 614. The number of carbonyl (C=O) groups excluding carboxylic acids is 1. The fraction of sp³-hybridized carbons (Fsp3) is 0.333. The number of thioether (sulfide) groups is 1. The standard InChI is InChI=1S/C15H18FN3OS/c1-19-8-7-17-15(19)14(18-13(20)6-9-21-2)11-4-3-5-12(16)10-11/h3-5,7-8,10,14H,6,9H2,1-2H3,(H,18,20)/t14-/m1/s1. The van der Waals surface area contributed by atoms with E-state index in [0.29, 0.717) is 17.8 Å². The van der Waals surface area contributed by atoms with Gasteiger partial charge in [0.1, 0.15) is 17.7 Å². The van der Waals surface area contributed by atoms with E-state index in [1.807, 2.05) is 17.9 Å². The van der Waals surface area contributed by atoms with Gasteiger partial charge in [0.25, 0.3) is 0 Å². The van der Waals surface area contributed by atoms with Gasteiger partial charge in [0.15, 0.2) is 0 Å². The Kier molecular flexibility index (Phi) is 5.38. The van der Waals surface area contributed by atoms with Crippen molar-refractivity contribution in [2.24, 2.45) is 7.05 Å². The van der Waals surface area contributed by atoms with Crippen molar-refractivity contribution in [3.63, 3.8) is 0 Å². The number of amides is 1. The average Bonchev–Trinajstić information content (AvgIpc) is 2.88. The summed E-state index contributed by atoms with van der Waals surface area (Å²) in [5, 5.41) is 2.94. The summed E-state index contributed by atoms with van der Waals surface area (Å²) in [6, 6.07) is 5.78. The zero-order valence-electron chi connectivity index (χ0n) is 12.0. The maximum Gasteiger partial charge on any atom is 0.221 e. The van der Waals surface area contributed by atoms with Gasteiger partial charge in [0, 0.05) is 31.6 Å². The van der Waals surface area contributed by atoms with Crippen LogP contribution in [0.15, 0.2) is 36.7 Å². The molecule has 1 amide bonds. The Morgan fingerprint density at radius 2 is 2.33 bits per heavy atom. The molecule has 0 saturated carbocycles. The largest absolute Gasteiger partial charge is 0.342 e. The Morgan fingerprint density at radius 1 is 1.52 bits per heavy atom. The van der Waals surface area contributed by atoms with Gasteiger partial charge in [-0.05, 0) is 24.0 Å². The second-order valence-electron chi connectivity index (χ2n) is 4.69. The topological polar surface area (TPSA) is 46.9 Å². The predicted molar refractivity (Wildman–Crippen MR) is 82.6 cm³/mol. The smallest absolute Gasteiger partial charge is 0.221 e. The van der Waals surface area contributed by atoms with Crippen LogP contribution in [0.4, 0.5) is 4.39 Å². The number of hydrogen-bond acceptors (Lipinski definition) is 3. The van der Waals surface area contributed by atoms with Crippen LogP contribution in [0.1, 0.15) is 23.9 Å². The van der Waals surface area contributed by atoms with E-state index in [0.717, 1.165) is 5.75 Å². The van der Waals surface area contributed by atoms with Crippen LogP contribution >= 0.6 is 11.8 Å². The first-order valence-corrected chi connectivity index (χ1v) is 8.02. The molecule has 1 heterocycles. The summed E-state index contributed by atoms with van der Waals surface area (Å²) in [6.45, 7) is 0. The third kappa shape index (κ3) is 4.07. The molecule has 2 rings (SSSR count). The van der Waals surface area contributed by atoms with E-state index in [9.17, 15) is 9.18 Å². The molecule has 2 aromatic rings. The minimum atomic E-state index is -0.449. The molecule has 1 atom stereocenters. The third-order valence-electron chi connectivity index (χ3n) is 3.14.